The first-order valence-electron chi connectivity index (χ1n) is 12.9. The van der Waals surface area contributed by atoms with Gasteiger partial charge in [0.15, 0.2) is 0 Å². The average molecular weight is 559 g/mol. The molecule has 0 aromatic heterocycles. The number of nitrogens with zero attached hydrogens (tertiary/aromatic N) is 2. The van der Waals surface area contributed by atoms with Gasteiger partial charge in [0.1, 0.15) is 0 Å². The van der Waals surface area contributed by atoms with E-state index in [1.165, 1.54) is 24.3 Å². The minimum atomic E-state index is -4.74. The van der Waals surface area contributed by atoms with Crippen molar-refractivity contribution in [1.82, 2.24) is 0 Å². The highest BCUT2D eigenvalue weighted by atomic mass is 19.4. The van der Waals surface area contributed by atoms with E-state index in [2.05, 4.69) is 0 Å². The van der Waals surface area contributed by atoms with Crippen LogP contribution in [0.3, 0.4) is 0 Å². The standard InChI is InChI=1S/C27H28F6N2O4/c28-26(29,30)24-6-18(34(8-20-12-36-20)9-21-13-37-21)3-1-16(24)5-17-2-4-19(7-25(17)27(31,32)33)35(10-22-14-38-22)11-23-15-39-23/h1-4,6-7,20-23H,5,8-15H2. The zero-order valence-electron chi connectivity index (χ0n) is 20.9. The van der Waals surface area contributed by atoms with E-state index in [4.69, 9.17) is 18.9 Å². The smallest absolute Gasteiger partial charge is 0.371 e. The SMILES string of the molecule is FC(F)(F)c1cc(N(CC2CO2)CC2CO2)ccc1Cc1ccc(N(CC2CO2)CC2CO2)cc1C(F)(F)F. The van der Waals surface area contributed by atoms with Crippen LogP contribution in [0.25, 0.3) is 0 Å². The zero-order valence-corrected chi connectivity index (χ0v) is 20.9. The van der Waals surface area contributed by atoms with Crippen LogP contribution in [-0.2, 0) is 37.7 Å². The first-order valence-corrected chi connectivity index (χ1v) is 12.9. The average Bonchev–Trinajstić information content (AvgIpc) is 3.68. The van der Waals surface area contributed by atoms with E-state index in [-0.39, 0.29) is 35.5 Å². The highest BCUT2D eigenvalue weighted by molar-refractivity contribution is 5.56. The predicted molar refractivity (Wildman–Crippen MR) is 129 cm³/mol. The third-order valence-corrected chi connectivity index (χ3v) is 7.21. The number of hydrogen-bond donors (Lipinski definition) is 0. The van der Waals surface area contributed by atoms with Crippen molar-refractivity contribution >= 4 is 11.4 Å². The normalized spacial score (nSPS) is 25.4. The van der Waals surface area contributed by atoms with Crippen LogP contribution in [-0.4, -0.2) is 77.0 Å². The van der Waals surface area contributed by atoms with E-state index in [9.17, 15) is 26.3 Å². The van der Waals surface area contributed by atoms with Crippen molar-refractivity contribution in [2.45, 2.75) is 43.2 Å². The van der Waals surface area contributed by atoms with Crippen molar-refractivity contribution in [1.29, 1.82) is 0 Å². The van der Waals surface area contributed by atoms with Gasteiger partial charge in [-0.1, -0.05) is 12.1 Å². The Hall–Kier alpha value is -2.54. The summed E-state index contributed by atoms with van der Waals surface area (Å²) in [5.74, 6) is 0. The van der Waals surface area contributed by atoms with E-state index < -0.39 is 29.9 Å². The Bertz CT molecular complexity index is 1070. The van der Waals surface area contributed by atoms with Crippen molar-refractivity contribution in [3.63, 3.8) is 0 Å². The van der Waals surface area contributed by atoms with Gasteiger partial charge >= 0.3 is 12.4 Å². The first-order chi connectivity index (χ1) is 18.5. The number of alkyl halides is 6. The Kier molecular flexibility index (Phi) is 6.93. The molecule has 2 aromatic carbocycles. The molecular weight excluding hydrogens is 530 g/mol. The largest absolute Gasteiger partial charge is 0.416 e. The van der Waals surface area contributed by atoms with Gasteiger partial charge in [-0.15, -0.1) is 0 Å². The van der Waals surface area contributed by atoms with E-state index in [0.717, 1.165) is 12.1 Å². The molecule has 6 rings (SSSR count). The zero-order chi connectivity index (χ0) is 27.4. The maximum atomic E-state index is 14.2. The molecule has 4 atom stereocenters. The summed E-state index contributed by atoms with van der Waals surface area (Å²) in [5, 5.41) is 0. The summed E-state index contributed by atoms with van der Waals surface area (Å²) in [6, 6.07) is 7.67. The topological polar surface area (TPSA) is 56.6 Å². The van der Waals surface area contributed by atoms with Crippen LogP contribution < -0.4 is 9.80 Å². The molecule has 212 valence electrons. The molecule has 12 heteroatoms. The monoisotopic (exact) mass is 558 g/mol. The summed E-state index contributed by atoms with van der Waals surface area (Å²) in [7, 11) is 0. The molecule has 4 unspecified atom stereocenters. The Labute approximate surface area is 221 Å². The quantitative estimate of drug-likeness (QED) is 0.282. The molecule has 0 saturated carbocycles. The lowest BCUT2D eigenvalue weighted by molar-refractivity contribution is -0.138. The molecule has 2 aromatic rings. The Morgan fingerprint density at radius 2 is 0.872 bits per heavy atom. The van der Waals surface area contributed by atoms with Crippen molar-refractivity contribution in [3.05, 3.63) is 58.7 Å². The van der Waals surface area contributed by atoms with Gasteiger partial charge in [-0.2, -0.15) is 26.3 Å². The summed E-state index contributed by atoms with van der Waals surface area (Å²) in [4.78, 5) is 3.57. The molecule has 0 aliphatic carbocycles. The van der Waals surface area contributed by atoms with E-state index in [1.807, 2.05) is 0 Å². The number of anilines is 2. The van der Waals surface area contributed by atoms with Gasteiger partial charge < -0.3 is 28.7 Å². The molecule has 6 nitrogen and oxygen atoms in total. The van der Waals surface area contributed by atoms with Gasteiger partial charge in [0.05, 0.1) is 62.0 Å². The molecule has 4 fully saturated rings. The minimum Gasteiger partial charge on any atom is -0.371 e. The van der Waals surface area contributed by atoms with Gasteiger partial charge in [0.25, 0.3) is 0 Å². The Balaban J connectivity index is 1.30. The number of epoxide rings is 4. The van der Waals surface area contributed by atoms with Gasteiger partial charge in [0, 0.05) is 37.6 Å². The molecule has 0 N–H and O–H groups in total. The highest BCUT2D eigenvalue weighted by Gasteiger charge is 2.39. The molecule has 0 bridgehead atoms. The van der Waals surface area contributed by atoms with Crippen molar-refractivity contribution in [2.24, 2.45) is 0 Å². The lowest BCUT2D eigenvalue weighted by Crippen LogP contribution is -2.32. The molecule has 0 spiro atoms. The molecular formula is C27H28F6N2O4. The molecule has 4 aliphatic rings. The van der Waals surface area contributed by atoms with Crippen LogP contribution in [0.2, 0.25) is 0 Å². The van der Waals surface area contributed by atoms with Crippen LogP contribution in [0.15, 0.2) is 36.4 Å². The van der Waals surface area contributed by atoms with Crippen LogP contribution in [0.5, 0.6) is 0 Å². The third-order valence-electron chi connectivity index (χ3n) is 7.21. The van der Waals surface area contributed by atoms with E-state index in [0.29, 0.717) is 64.0 Å². The number of ether oxygens (including phenoxy) is 4. The summed E-state index contributed by atoms with van der Waals surface area (Å²) in [6.07, 6.45) is -10.2. The Morgan fingerprint density at radius 1 is 0.564 bits per heavy atom. The first kappa shape index (κ1) is 26.7. The predicted octanol–water partition coefficient (Wildman–Crippen LogP) is 4.52. The van der Waals surface area contributed by atoms with Gasteiger partial charge in [0.2, 0.25) is 0 Å². The van der Waals surface area contributed by atoms with Crippen molar-refractivity contribution in [3.8, 4) is 0 Å². The second kappa shape index (κ2) is 10.1. The van der Waals surface area contributed by atoms with Crippen LogP contribution in [0.1, 0.15) is 22.3 Å². The van der Waals surface area contributed by atoms with Gasteiger partial charge in [-0.3, -0.25) is 0 Å². The highest BCUT2D eigenvalue weighted by Crippen LogP contribution is 2.40. The van der Waals surface area contributed by atoms with Gasteiger partial charge in [-0.25, -0.2) is 0 Å². The number of hydrogen-bond acceptors (Lipinski definition) is 6. The fourth-order valence-electron chi connectivity index (χ4n) is 4.81. The lowest BCUT2D eigenvalue weighted by atomic mass is 9.94. The fourth-order valence-corrected chi connectivity index (χ4v) is 4.81. The molecule has 4 aliphatic heterocycles. The number of rotatable bonds is 12. The summed E-state index contributed by atoms with van der Waals surface area (Å²) >= 11 is 0. The molecule has 4 heterocycles. The molecule has 0 radical (unpaired) electrons. The van der Waals surface area contributed by atoms with Gasteiger partial charge in [-0.05, 0) is 41.8 Å². The minimum absolute atomic E-state index is 0.0526. The third kappa shape index (κ3) is 6.97. The van der Waals surface area contributed by atoms with Crippen LogP contribution in [0, 0.1) is 0 Å². The summed E-state index contributed by atoms with van der Waals surface area (Å²) in [5.41, 5.74) is -1.66. The van der Waals surface area contributed by atoms with E-state index in [1.54, 1.807) is 9.80 Å². The van der Waals surface area contributed by atoms with Crippen molar-refractivity contribution < 1.29 is 45.3 Å². The summed E-state index contributed by atoms with van der Waals surface area (Å²) < 4.78 is 106. The maximum Gasteiger partial charge on any atom is 0.416 e. The molecule has 39 heavy (non-hydrogen) atoms. The number of halogens is 6. The number of benzene rings is 2. The lowest BCUT2D eigenvalue weighted by Gasteiger charge is -2.26. The van der Waals surface area contributed by atoms with Crippen molar-refractivity contribution in [2.75, 3.05) is 62.4 Å². The van der Waals surface area contributed by atoms with Crippen LogP contribution >= 0.6 is 0 Å². The second-order valence-electron chi connectivity index (χ2n) is 10.5. The Morgan fingerprint density at radius 3 is 1.13 bits per heavy atom. The molecule has 4 saturated heterocycles. The van der Waals surface area contributed by atoms with Crippen LogP contribution in [0.4, 0.5) is 37.7 Å². The molecule has 0 amide bonds. The van der Waals surface area contributed by atoms with E-state index >= 15 is 0 Å². The maximum absolute atomic E-state index is 14.2. The fraction of sp³-hybridized carbons (Fsp3) is 0.556. The summed E-state index contributed by atoms with van der Waals surface area (Å²) in [6.45, 7) is 3.86. The second-order valence-corrected chi connectivity index (χ2v) is 10.5.